The molecular weight excluding hydrogens is 334 g/mol. The van der Waals surface area contributed by atoms with Crippen molar-refractivity contribution in [1.29, 1.82) is 0 Å². The number of thioether (sulfide) groups is 1. The number of carbonyl (C=O) groups excluding carboxylic acids is 3. The van der Waals surface area contributed by atoms with Crippen LogP contribution < -0.4 is 0 Å². The topological polar surface area (TPSA) is 110 Å². The van der Waals surface area contributed by atoms with Crippen LogP contribution in [-0.2, 0) is 21.4 Å². The van der Waals surface area contributed by atoms with Crippen LogP contribution in [0.25, 0.3) is 0 Å². The van der Waals surface area contributed by atoms with Crippen LogP contribution in [0, 0.1) is 0 Å². The summed E-state index contributed by atoms with van der Waals surface area (Å²) in [4.78, 5) is 49.0. The molecule has 0 spiro atoms. The number of Topliss-reactive ketones (excluding diaryl/α,β-unsaturated/α-hetero) is 1. The van der Waals surface area contributed by atoms with Gasteiger partial charge >= 0.3 is 5.97 Å². The van der Waals surface area contributed by atoms with Crippen molar-refractivity contribution in [1.82, 2.24) is 14.7 Å². The van der Waals surface area contributed by atoms with Crippen molar-refractivity contribution in [2.45, 2.75) is 37.5 Å². The lowest BCUT2D eigenvalue weighted by atomic mass is 10.1. The normalized spacial score (nSPS) is 18.4. The molecule has 0 bridgehead atoms. The third kappa shape index (κ3) is 4.22. The predicted octanol–water partition coefficient (Wildman–Crippen LogP) is 0.717. The average Bonchev–Trinajstić information content (AvgIpc) is 3.13. The number of hydrogen-bond acceptors (Lipinski definition) is 6. The number of aliphatic carboxylic acids is 1. The summed E-state index contributed by atoms with van der Waals surface area (Å²) in [6, 6.07) is -0.888. The van der Waals surface area contributed by atoms with E-state index < -0.39 is 23.2 Å². The molecular formula is C15H19N3O5S. The quantitative estimate of drug-likeness (QED) is 0.750. The van der Waals surface area contributed by atoms with Crippen molar-refractivity contribution in [2.75, 3.05) is 6.54 Å². The summed E-state index contributed by atoms with van der Waals surface area (Å²) < 4.78 is 1.48. The third-order valence-electron chi connectivity index (χ3n) is 3.80. The van der Waals surface area contributed by atoms with E-state index in [4.69, 9.17) is 0 Å². The van der Waals surface area contributed by atoms with Crippen LogP contribution >= 0.6 is 11.8 Å². The van der Waals surface area contributed by atoms with Gasteiger partial charge in [0.25, 0.3) is 0 Å². The summed E-state index contributed by atoms with van der Waals surface area (Å²) >= 11 is 0.767. The van der Waals surface area contributed by atoms with E-state index in [1.54, 1.807) is 7.05 Å². The zero-order valence-corrected chi connectivity index (χ0v) is 14.3. The lowest BCUT2D eigenvalue weighted by Gasteiger charge is -2.25. The molecule has 2 atom stereocenters. The van der Waals surface area contributed by atoms with Crippen LogP contribution in [-0.4, -0.2) is 60.4 Å². The fourth-order valence-electron chi connectivity index (χ4n) is 2.70. The van der Waals surface area contributed by atoms with Gasteiger partial charge in [-0.15, -0.1) is 0 Å². The van der Waals surface area contributed by atoms with Gasteiger partial charge in [0.2, 0.25) is 5.91 Å². The molecule has 0 saturated carbocycles. The minimum absolute atomic E-state index is 0.169. The SMILES string of the molecule is CC(=O)SC(CC(=O)c1cnn(C)c1)C(=O)N1CCC[C@H]1C(=O)O. The molecule has 8 nitrogen and oxygen atoms in total. The molecule has 130 valence electrons. The minimum atomic E-state index is -1.06. The maximum atomic E-state index is 12.7. The second-order valence-corrected chi connectivity index (χ2v) is 7.04. The summed E-state index contributed by atoms with van der Waals surface area (Å²) in [5.74, 6) is -1.84. The molecule has 1 unspecified atom stereocenters. The number of aryl methyl sites for hydroxylation is 1. The van der Waals surface area contributed by atoms with E-state index in [1.165, 1.54) is 28.9 Å². The minimum Gasteiger partial charge on any atom is -0.480 e. The van der Waals surface area contributed by atoms with Crippen LogP contribution in [0.4, 0.5) is 0 Å². The van der Waals surface area contributed by atoms with Crippen molar-refractivity contribution in [3.05, 3.63) is 18.0 Å². The first kappa shape index (κ1) is 18.2. The van der Waals surface area contributed by atoms with Crippen molar-refractivity contribution in [3.63, 3.8) is 0 Å². The lowest BCUT2D eigenvalue weighted by molar-refractivity contribution is -0.148. The van der Waals surface area contributed by atoms with E-state index in [0.717, 1.165) is 11.8 Å². The van der Waals surface area contributed by atoms with Gasteiger partial charge in [-0.1, -0.05) is 11.8 Å². The highest BCUT2D eigenvalue weighted by Crippen LogP contribution is 2.26. The van der Waals surface area contributed by atoms with Gasteiger partial charge in [0.15, 0.2) is 10.9 Å². The van der Waals surface area contributed by atoms with Gasteiger partial charge in [0.05, 0.1) is 17.0 Å². The molecule has 1 aromatic heterocycles. The number of aromatic nitrogens is 2. The molecule has 1 fully saturated rings. The van der Waals surface area contributed by atoms with Crippen LogP contribution in [0.1, 0.15) is 36.5 Å². The molecule has 1 aromatic rings. The number of carboxylic acids is 1. The molecule has 1 saturated heterocycles. The highest BCUT2D eigenvalue weighted by atomic mass is 32.2. The number of likely N-dealkylation sites (tertiary alicyclic amines) is 1. The first-order chi connectivity index (χ1) is 11.3. The molecule has 0 aromatic carbocycles. The number of ketones is 1. The zero-order valence-electron chi connectivity index (χ0n) is 13.5. The fourth-order valence-corrected chi connectivity index (χ4v) is 3.57. The molecule has 2 heterocycles. The van der Waals surface area contributed by atoms with Gasteiger partial charge in [-0.2, -0.15) is 5.10 Å². The lowest BCUT2D eigenvalue weighted by Crippen LogP contribution is -2.45. The molecule has 0 radical (unpaired) electrons. The standard InChI is InChI=1S/C15H19N3O5S/c1-9(19)24-13(6-12(20)10-7-16-17(2)8-10)14(21)18-5-3-4-11(18)15(22)23/h7-8,11,13H,3-6H2,1-2H3,(H,22,23)/t11-,13?/m0/s1. The Morgan fingerprint density at radius 1 is 1.42 bits per heavy atom. The number of carboxylic acid groups (broad SMARTS) is 1. The maximum Gasteiger partial charge on any atom is 0.326 e. The third-order valence-corrected chi connectivity index (χ3v) is 4.79. The Kier molecular flexibility index (Phi) is 5.76. The predicted molar refractivity (Wildman–Crippen MR) is 86.6 cm³/mol. The smallest absolute Gasteiger partial charge is 0.326 e. The van der Waals surface area contributed by atoms with E-state index in [9.17, 15) is 24.3 Å². The van der Waals surface area contributed by atoms with E-state index in [-0.39, 0.29) is 17.3 Å². The van der Waals surface area contributed by atoms with Crippen LogP contribution in [0.15, 0.2) is 12.4 Å². The summed E-state index contributed by atoms with van der Waals surface area (Å²) in [5, 5.41) is 11.9. The number of hydrogen-bond donors (Lipinski definition) is 1. The largest absolute Gasteiger partial charge is 0.480 e. The summed E-state index contributed by atoms with van der Waals surface area (Å²) in [7, 11) is 1.67. The van der Waals surface area contributed by atoms with E-state index in [2.05, 4.69) is 5.10 Å². The molecule has 1 aliphatic heterocycles. The second kappa shape index (κ2) is 7.61. The molecule has 1 amide bonds. The Bertz CT molecular complexity index is 672. The highest BCUT2D eigenvalue weighted by molar-refractivity contribution is 8.14. The number of nitrogens with zero attached hydrogens (tertiary/aromatic N) is 3. The molecule has 2 rings (SSSR count). The van der Waals surface area contributed by atoms with Crippen molar-refractivity contribution < 1.29 is 24.3 Å². The monoisotopic (exact) mass is 353 g/mol. The van der Waals surface area contributed by atoms with Crippen LogP contribution in [0.2, 0.25) is 0 Å². The van der Waals surface area contributed by atoms with Crippen molar-refractivity contribution >= 4 is 34.5 Å². The number of carbonyl (C=O) groups is 4. The molecule has 9 heteroatoms. The fraction of sp³-hybridized carbons (Fsp3) is 0.533. The molecule has 1 aliphatic rings. The molecule has 1 N–H and O–H groups in total. The zero-order chi connectivity index (χ0) is 17.9. The molecule has 0 aliphatic carbocycles. The van der Waals surface area contributed by atoms with Crippen LogP contribution in [0.3, 0.4) is 0 Å². The Hall–Kier alpha value is -2.16. The van der Waals surface area contributed by atoms with Gasteiger partial charge in [0.1, 0.15) is 6.04 Å². The van der Waals surface area contributed by atoms with Gasteiger partial charge in [-0.05, 0) is 12.8 Å². The van der Waals surface area contributed by atoms with Crippen LogP contribution in [0.5, 0.6) is 0 Å². The van der Waals surface area contributed by atoms with Gasteiger partial charge in [-0.3, -0.25) is 19.1 Å². The summed E-state index contributed by atoms with van der Waals surface area (Å²) in [6.07, 6.45) is 3.75. The van der Waals surface area contributed by atoms with E-state index in [0.29, 0.717) is 24.9 Å². The highest BCUT2D eigenvalue weighted by Gasteiger charge is 2.38. The van der Waals surface area contributed by atoms with Gasteiger partial charge < -0.3 is 10.0 Å². The average molecular weight is 353 g/mol. The maximum absolute atomic E-state index is 12.7. The first-order valence-corrected chi connectivity index (χ1v) is 8.40. The summed E-state index contributed by atoms with van der Waals surface area (Å²) in [6.45, 7) is 1.64. The molecule has 24 heavy (non-hydrogen) atoms. The van der Waals surface area contributed by atoms with Crippen molar-refractivity contribution in [3.8, 4) is 0 Å². The number of rotatable bonds is 6. The van der Waals surface area contributed by atoms with Crippen molar-refractivity contribution in [2.24, 2.45) is 7.05 Å². The Morgan fingerprint density at radius 3 is 2.67 bits per heavy atom. The number of amides is 1. The summed E-state index contributed by atoms with van der Waals surface area (Å²) in [5.41, 5.74) is 0.357. The Labute approximate surface area is 143 Å². The van der Waals surface area contributed by atoms with E-state index >= 15 is 0 Å². The van der Waals surface area contributed by atoms with Gasteiger partial charge in [0, 0.05) is 33.1 Å². The Balaban J connectivity index is 2.15. The first-order valence-electron chi connectivity index (χ1n) is 7.52. The van der Waals surface area contributed by atoms with Gasteiger partial charge in [-0.25, -0.2) is 4.79 Å². The second-order valence-electron chi connectivity index (χ2n) is 5.66. The Morgan fingerprint density at radius 2 is 2.12 bits per heavy atom. The van der Waals surface area contributed by atoms with E-state index in [1.807, 2.05) is 0 Å².